The lowest BCUT2D eigenvalue weighted by Gasteiger charge is -2.14. The predicted octanol–water partition coefficient (Wildman–Crippen LogP) is 5.70. The highest BCUT2D eigenvalue weighted by Crippen LogP contribution is 2.28. The lowest BCUT2D eigenvalue weighted by molar-refractivity contribution is -0.138. The van der Waals surface area contributed by atoms with Gasteiger partial charge in [-0.25, -0.2) is 4.79 Å². The minimum atomic E-state index is -0.360. The van der Waals surface area contributed by atoms with Gasteiger partial charge in [0, 0.05) is 23.1 Å². The topological polar surface area (TPSA) is 69.6 Å². The molecule has 1 amide bonds. The molecule has 0 aliphatic rings. The number of aromatic nitrogens is 1. The normalized spacial score (nSPS) is 12.2. The van der Waals surface area contributed by atoms with E-state index in [0.29, 0.717) is 25.3 Å². The molecule has 0 saturated heterocycles. The SMILES string of the molecule is CCOC(=O)C(C)=Cc1cn(OCc2ccccc2)c2ccc(C(C)C(=O)NCCc3ccccc3)cc12. The average molecular weight is 511 g/mol. The van der Waals surface area contributed by atoms with Gasteiger partial charge in [0.25, 0.3) is 0 Å². The van der Waals surface area contributed by atoms with Crippen LogP contribution in [0.25, 0.3) is 17.0 Å². The average Bonchev–Trinajstić information content (AvgIpc) is 3.29. The number of benzene rings is 3. The van der Waals surface area contributed by atoms with Crippen LogP contribution in [0.4, 0.5) is 0 Å². The second kappa shape index (κ2) is 12.8. The van der Waals surface area contributed by atoms with E-state index in [-0.39, 0.29) is 17.8 Å². The number of carbonyl (C=O) groups is 2. The van der Waals surface area contributed by atoms with Gasteiger partial charge in [-0.2, -0.15) is 4.73 Å². The van der Waals surface area contributed by atoms with Gasteiger partial charge in [-0.05, 0) is 62.1 Å². The summed E-state index contributed by atoms with van der Waals surface area (Å²) in [5.41, 5.74) is 5.28. The van der Waals surface area contributed by atoms with Gasteiger partial charge >= 0.3 is 5.97 Å². The van der Waals surface area contributed by atoms with Gasteiger partial charge in [0.15, 0.2) is 0 Å². The van der Waals surface area contributed by atoms with Crippen molar-refractivity contribution >= 4 is 28.9 Å². The van der Waals surface area contributed by atoms with Crippen molar-refractivity contribution in [3.8, 4) is 0 Å². The number of carbonyl (C=O) groups excluding carboxylic acids is 2. The molecule has 3 aromatic carbocycles. The molecule has 0 aliphatic heterocycles. The van der Waals surface area contributed by atoms with Crippen molar-refractivity contribution in [2.75, 3.05) is 13.2 Å². The van der Waals surface area contributed by atoms with Crippen LogP contribution in [-0.4, -0.2) is 29.8 Å². The third-order valence-corrected chi connectivity index (χ3v) is 6.46. The molecule has 0 bridgehead atoms. The zero-order valence-corrected chi connectivity index (χ0v) is 22.1. The van der Waals surface area contributed by atoms with E-state index in [1.54, 1.807) is 24.7 Å². The Labute approximate surface area is 223 Å². The standard InChI is InChI=1S/C32H34N2O4/c1-4-37-32(36)23(2)19-28-21-34(38-22-26-13-9-6-10-14-26)30-16-15-27(20-29(28)30)24(3)31(35)33-18-17-25-11-7-5-8-12-25/h5-16,19-21,24H,4,17-18,22H2,1-3H3,(H,33,35). The number of rotatable bonds is 11. The van der Waals surface area contributed by atoms with Crippen LogP contribution in [-0.2, 0) is 27.4 Å². The van der Waals surface area contributed by atoms with Crippen LogP contribution in [0.2, 0.25) is 0 Å². The molecule has 0 radical (unpaired) electrons. The Morgan fingerprint density at radius 1 is 0.974 bits per heavy atom. The first kappa shape index (κ1) is 26.7. The number of nitrogens with one attached hydrogen (secondary N) is 1. The molecular weight excluding hydrogens is 476 g/mol. The Balaban J connectivity index is 1.57. The first-order chi connectivity index (χ1) is 18.5. The van der Waals surface area contributed by atoms with Crippen molar-refractivity contribution in [2.45, 2.75) is 39.7 Å². The fraction of sp³-hybridized carbons (Fsp3) is 0.250. The largest absolute Gasteiger partial charge is 0.463 e. The van der Waals surface area contributed by atoms with Gasteiger partial charge in [0.2, 0.25) is 5.91 Å². The highest BCUT2D eigenvalue weighted by atomic mass is 16.7. The fourth-order valence-corrected chi connectivity index (χ4v) is 4.27. The number of ether oxygens (including phenoxy) is 1. The molecule has 6 heteroatoms. The Bertz CT molecular complexity index is 1410. The Morgan fingerprint density at radius 2 is 1.66 bits per heavy atom. The van der Waals surface area contributed by atoms with Gasteiger partial charge in [-0.15, -0.1) is 0 Å². The molecule has 0 saturated carbocycles. The van der Waals surface area contributed by atoms with Crippen LogP contribution in [0.3, 0.4) is 0 Å². The number of hydrogen-bond donors (Lipinski definition) is 1. The number of fused-ring (bicyclic) bond motifs is 1. The second-order valence-electron chi connectivity index (χ2n) is 9.24. The summed E-state index contributed by atoms with van der Waals surface area (Å²) in [6, 6.07) is 25.9. The van der Waals surface area contributed by atoms with Crippen LogP contribution < -0.4 is 10.2 Å². The summed E-state index contributed by atoms with van der Waals surface area (Å²) in [6.07, 6.45) is 4.45. The Hall–Kier alpha value is -4.32. The quantitative estimate of drug-likeness (QED) is 0.208. The molecule has 1 atom stereocenters. The van der Waals surface area contributed by atoms with Gasteiger partial charge in [0.1, 0.15) is 6.61 Å². The van der Waals surface area contributed by atoms with Crippen molar-refractivity contribution in [3.63, 3.8) is 0 Å². The molecule has 4 rings (SSSR count). The molecule has 1 unspecified atom stereocenters. The van der Waals surface area contributed by atoms with Gasteiger partial charge in [-0.1, -0.05) is 66.7 Å². The molecule has 4 aromatic rings. The Kier molecular flexibility index (Phi) is 8.98. The molecule has 0 spiro atoms. The third kappa shape index (κ3) is 6.71. The van der Waals surface area contributed by atoms with Crippen LogP contribution in [0, 0.1) is 0 Å². The van der Waals surface area contributed by atoms with Crippen LogP contribution in [0.15, 0.2) is 90.6 Å². The van der Waals surface area contributed by atoms with E-state index in [4.69, 9.17) is 9.57 Å². The van der Waals surface area contributed by atoms with Crippen molar-refractivity contribution in [1.82, 2.24) is 10.0 Å². The summed E-state index contributed by atoms with van der Waals surface area (Å²) in [6.45, 7) is 6.71. The number of hydrogen-bond acceptors (Lipinski definition) is 4. The summed E-state index contributed by atoms with van der Waals surface area (Å²) in [5.74, 6) is -0.729. The maximum atomic E-state index is 12.9. The molecule has 6 nitrogen and oxygen atoms in total. The van der Waals surface area contributed by atoms with E-state index in [9.17, 15) is 9.59 Å². The monoisotopic (exact) mass is 510 g/mol. The van der Waals surface area contributed by atoms with E-state index < -0.39 is 0 Å². The summed E-state index contributed by atoms with van der Waals surface area (Å²) < 4.78 is 6.89. The van der Waals surface area contributed by atoms with E-state index in [1.165, 1.54) is 5.56 Å². The summed E-state index contributed by atoms with van der Waals surface area (Å²) in [4.78, 5) is 31.3. The molecular formula is C32H34N2O4. The van der Waals surface area contributed by atoms with E-state index >= 15 is 0 Å². The number of esters is 1. The number of nitrogens with zero attached hydrogens (tertiary/aromatic N) is 1. The summed E-state index contributed by atoms with van der Waals surface area (Å²) in [7, 11) is 0. The smallest absolute Gasteiger partial charge is 0.333 e. The number of amides is 1. The minimum Gasteiger partial charge on any atom is -0.463 e. The molecule has 0 aliphatic carbocycles. The molecule has 38 heavy (non-hydrogen) atoms. The molecule has 0 fully saturated rings. The fourth-order valence-electron chi connectivity index (χ4n) is 4.27. The van der Waals surface area contributed by atoms with E-state index in [0.717, 1.165) is 34.0 Å². The minimum absolute atomic E-state index is 0.0279. The lowest BCUT2D eigenvalue weighted by Crippen LogP contribution is -2.29. The van der Waals surface area contributed by atoms with Gasteiger partial charge < -0.3 is 14.9 Å². The predicted molar refractivity (Wildman–Crippen MR) is 151 cm³/mol. The van der Waals surface area contributed by atoms with Crippen molar-refractivity contribution < 1.29 is 19.2 Å². The van der Waals surface area contributed by atoms with Crippen LogP contribution >= 0.6 is 0 Å². The van der Waals surface area contributed by atoms with E-state index in [2.05, 4.69) is 17.4 Å². The van der Waals surface area contributed by atoms with Crippen molar-refractivity contribution in [3.05, 3.63) is 113 Å². The van der Waals surface area contributed by atoms with Crippen molar-refractivity contribution in [2.24, 2.45) is 0 Å². The summed E-state index contributed by atoms with van der Waals surface area (Å²) in [5, 5.41) is 3.95. The van der Waals surface area contributed by atoms with Crippen LogP contribution in [0.5, 0.6) is 0 Å². The third-order valence-electron chi connectivity index (χ3n) is 6.46. The molecule has 1 heterocycles. The molecule has 196 valence electrons. The van der Waals surface area contributed by atoms with E-state index in [1.807, 2.05) is 79.9 Å². The zero-order chi connectivity index (χ0) is 26.9. The van der Waals surface area contributed by atoms with Crippen molar-refractivity contribution in [1.29, 1.82) is 0 Å². The second-order valence-corrected chi connectivity index (χ2v) is 9.24. The lowest BCUT2D eigenvalue weighted by atomic mass is 9.97. The Morgan fingerprint density at radius 3 is 2.34 bits per heavy atom. The van der Waals surface area contributed by atoms with Gasteiger partial charge in [0.05, 0.1) is 24.2 Å². The highest BCUT2D eigenvalue weighted by molar-refractivity contribution is 5.98. The highest BCUT2D eigenvalue weighted by Gasteiger charge is 2.18. The maximum Gasteiger partial charge on any atom is 0.333 e. The summed E-state index contributed by atoms with van der Waals surface area (Å²) >= 11 is 0. The first-order valence-corrected chi connectivity index (χ1v) is 13.0. The molecule has 1 N–H and O–H groups in total. The zero-order valence-electron chi connectivity index (χ0n) is 22.1. The van der Waals surface area contributed by atoms with Crippen LogP contribution in [0.1, 0.15) is 48.9 Å². The maximum absolute atomic E-state index is 12.9. The molecule has 1 aromatic heterocycles. The van der Waals surface area contributed by atoms with Gasteiger partial charge in [-0.3, -0.25) is 4.79 Å². The first-order valence-electron chi connectivity index (χ1n) is 13.0.